The first kappa shape index (κ1) is 14.6. The lowest BCUT2D eigenvalue weighted by atomic mass is 10.1. The maximum atomic E-state index is 13.8. The summed E-state index contributed by atoms with van der Waals surface area (Å²) in [7, 11) is 1.76. The molecule has 1 unspecified atom stereocenters. The van der Waals surface area contributed by atoms with Crippen molar-refractivity contribution in [2.75, 3.05) is 13.6 Å². The number of hydrogen-bond donors (Lipinski definition) is 1. The fraction of sp³-hybridized carbons (Fsp3) is 0.250. The fourth-order valence-corrected chi connectivity index (χ4v) is 1.99. The average Bonchev–Trinajstić information content (AvgIpc) is 2.46. The van der Waals surface area contributed by atoms with Crippen molar-refractivity contribution in [3.05, 3.63) is 71.3 Å². The summed E-state index contributed by atoms with van der Waals surface area (Å²) >= 11 is 0. The molecule has 1 atom stereocenters. The molecule has 0 saturated heterocycles. The monoisotopic (exact) mass is 277 g/mol. The van der Waals surface area contributed by atoms with Gasteiger partial charge in [0, 0.05) is 17.7 Å². The SMILES string of the molecule is CNCC(OCc1ccccc1F)c1ccccc1F. The van der Waals surface area contributed by atoms with E-state index in [9.17, 15) is 8.78 Å². The molecule has 0 heterocycles. The molecule has 4 heteroatoms. The van der Waals surface area contributed by atoms with Crippen LogP contribution in [0.4, 0.5) is 8.78 Å². The van der Waals surface area contributed by atoms with E-state index in [1.54, 1.807) is 43.4 Å². The third-order valence-electron chi connectivity index (χ3n) is 3.04. The van der Waals surface area contributed by atoms with Crippen molar-refractivity contribution in [2.45, 2.75) is 12.7 Å². The lowest BCUT2D eigenvalue weighted by molar-refractivity contribution is 0.0372. The molecule has 20 heavy (non-hydrogen) atoms. The average molecular weight is 277 g/mol. The second kappa shape index (κ2) is 7.12. The smallest absolute Gasteiger partial charge is 0.129 e. The number of nitrogens with one attached hydrogen (secondary N) is 1. The van der Waals surface area contributed by atoms with Crippen molar-refractivity contribution in [3.8, 4) is 0 Å². The molecule has 106 valence electrons. The summed E-state index contributed by atoms with van der Waals surface area (Å²) < 4.78 is 33.0. The summed E-state index contributed by atoms with van der Waals surface area (Å²) in [6, 6.07) is 12.9. The van der Waals surface area contributed by atoms with Gasteiger partial charge in [-0.25, -0.2) is 8.78 Å². The van der Waals surface area contributed by atoms with Crippen molar-refractivity contribution in [1.82, 2.24) is 5.32 Å². The Bertz CT molecular complexity index is 560. The molecule has 0 fully saturated rings. The Kier molecular flexibility index (Phi) is 5.21. The Balaban J connectivity index is 2.11. The van der Waals surface area contributed by atoms with E-state index in [4.69, 9.17) is 4.74 Å². The number of hydrogen-bond acceptors (Lipinski definition) is 2. The Hall–Kier alpha value is -1.78. The van der Waals surface area contributed by atoms with Crippen LogP contribution in [-0.2, 0) is 11.3 Å². The van der Waals surface area contributed by atoms with Crippen molar-refractivity contribution >= 4 is 0 Å². The topological polar surface area (TPSA) is 21.3 Å². The summed E-state index contributed by atoms with van der Waals surface area (Å²) in [6.45, 7) is 0.558. The highest BCUT2D eigenvalue weighted by atomic mass is 19.1. The first-order chi connectivity index (χ1) is 9.72. The normalized spacial score (nSPS) is 12.3. The quantitative estimate of drug-likeness (QED) is 0.873. The maximum absolute atomic E-state index is 13.8. The predicted molar refractivity (Wildman–Crippen MR) is 74.3 cm³/mol. The molecule has 0 saturated carbocycles. The summed E-state index contributed by atoms with van der Waals surface area (Å²) in [5.41, 5.74) is 0.933. The van der Waals surface area contributed by atoms with Gasteiger partial charge in [-0.05, 0) is 19.2 Å². The van der Waals surface area contributed by atoms with Crippen LogP contribution in [0, 0.1) is 11.6 Å². The van der Waals surface area contributed by atoms with Gasteiger partial charge < -0.3 is 10.1 Å². The van der Waals surface area contributed by atoms with Crippen molar-refractivity contribution in [1.29, 1.82) is 0 Å². The van der Waals surface area contributed by atoms with Gasteiger partial charge in [-0.15, -0.1) is 0 Å². The molecule has 0 bridgehead atoms. The Labute approximate surface area is 117 Å². The van der Waals surface area contributed by atoms with Crippen LogP contribution in [0.5, 0.6) is 0 Å². The molecule has 1 N–H and O–H groups in total. The Morgan fingerprint density at radius 3 is 2.30 bits per heavy atom. The highest BCUT2D eigenvalue weighted by Crippen LogP contribution is 2.22. The van der Waals surface area contributed by atoms with E-state index in [2.05, 4.69) is 5.32 Å². The minimum absolute atomic E-state index is 0.105. The Morgan fingerprint density at radius 1 is 1.00 bits per heavy atom. The lowest BCUT2D eigenvalue weighted by Crippen LogP contribution is -2.20. The molecule has 0 aliphatic carbocycles. The van der Waals surface area contributed by atoms with Gasteiger partial charge in [0.15, 0.2) is 0 Å². The molecule has 2 aromatic carbocycles. The van der Waals surface area contributed by atoms with Crippen molar-refractivity contribution < 1.29 is 13.5 Å². The fourth-order valence-electron chi connectivity index (χ4n) is 1.99. The van der Waals surface area contributed by atoms with E-state index in [1.165, 1.54) is 12.1 Å². The zero-order valence-electron chi connectivity index (χ0n) is 11.3. The first-order valence-electron chi connectivity index (χ1n) is 6.46. The summed E-state index contributed by atoms with van der Waals surface area (Å²) in [4.78, 5) is 0. The molecule has 2 rings (SSSR count). The third-order valence-corrected chi connectivity index (χ3v) is 3.04. The highest BCUT2D eigenvalue weighted by molar-refractivity contribution is 5.21. The molecule has 0 spiro atoms. The van der Waals surface area contributed by atoms with Crippen molar-refractivity contribution in [2.24, 2.45) is 0 Å². The van der Waals surface area contributed by atoms with Crippen LogP contribution < -0.4 is 5.32 Å². The van der Waals surface area contributed by atoms with Crippen molar-refractivity contribution in [3.63, 3.8) is 0 Å². The standard InChI is InChI=1S/C16H17F2NO/c1-19-10-16(13-7-3-5-9-15(13)18)20-11-12-6-2-4-8-14(12)17/h2-9,16,19H,10-11H2,1H3. The molecule has 0 aliphatic heterocycles. The highest BCUT2D eigenvalue weighted by Gasteiger charge is 2.16. The third kappa shape index (κ3) is 3.62. The predicted octanol–water partition coefficient (Wildman–Crippen LogP) is 3.44. The molecule has 0 radical (unpaired) electrons. The van der Waals surface area contributed by atoms with Crippen LogP contribution in [0.2, 0.25) is 0 Å². The van der Waals surface area contributed by atoms with Crippen LogP contribution in [0.15, 0.2) is 48.5 Å². The number of halogens is 2. The van der Waals surface area contributed by atoms with Gasteiger partial charge >= 0.3 is 0 Å². The van der Waals surface area contributed by atoms with Gasteiger partial charge in [-0.2, -0.15) is 0 Å². The minimum atomic E-state index is -0.458. The first-order valence-corrected chi connectivity index (χ1v) is 6.46. The summed E-state index contributed by atoms with van der Waals surface area (Å²) in [6.07, 6.45) is -0.458. The van der Waals surface area contributed by atoms with Gasteiger partial charge in [-0.1, -0.05) is 36.4 Å². The van der Waals surface area contributed by atoms with Gasteiger partial charge in [0.2, 0.25) is 0 Å². The summed E-state index contributed by atoms with van der Waals surface area (Å²) in [5, 5.41) is 2.96. The van der Waals surface area contributed by atoms with E-state index in [0.717, 1.165) is 0 Å². The molecule has 2 aromatic rings. The number of benzene rings is 2. The Morgan fingerprint density at radius 2 is 1.65 bits per heavy atom. The minimum Gasteiger partial charge on any atom is -0.367 e. The van der Waals surface area contributed by atoms with Gasteiger partial charge in [0.05, 0.1) is 12.7 Å². The largest absolute Gasteiger partial charge is 0.367 e. The van der Waals surface area contributed by atoms with Crippen LogP contribution in [-0.4, -0.2) is 13.6 Å². The van der Waals surface area contributed by atoms with Gasteiger partial charge in [-0.3, -0.25) is 0 Å². The van der Waals surface area contributed by atoms with Crippen LogP contribution >= 0.6 is 0 Å². The number of ether oxygens (including phenoxy) is 1. The van der Waals surface area contributed by atoms with Gasteiger partial charge in [0.1, 0.15) is 11.6 Å². The van der Waals surface area contributed by atoms with E-state index in [1.807, 2.05) is 0 Å². The van der Waals surface area contributed by atoms with E-state index in [-0.39, 0.29) is 18.2 Å². The lowest BCUT2D eigenvalue weighted by Gasteiger charge is -2.19. The van der Waals surface area contributed by atoms with Crippen LogP contribution in [0.3, 0.4) is 0 Å². The molecule has 0 aliphatic rings. The molecular formula is C16H17F2NO. The van der Waals surface area contributed by atoms with Crippen LogP contribution in [0.25, 0.3) is 0 Å². The molecule has 0 aromatic heterocycles. The zero-order chi connectivity index (χ0) is 14.4. The molecular weight excluding hydrogens is 260 g/mol. The molecule has 2 nitrogen and oxygen atoms in total. The number of likely N-dealkylation sites (N-methyl/N-ethyl adjacent to an activating group) is 1. The van der Waals surface area contributed by atoms with E-state index in [0.29, 0.717) is 17.7 Å². The zero-order valence-corrected chi connectivity index (χ0v) is 11.3. The van der Waals surface area contributed by atoms with Gasteiger partial charge in [0.25, 0.3) is 0 Å². The number of rotatable bonds is 6. The van der Waals surface area contributed by atoms with E-state index >= 15 is 0 Å². The summed E-state index contributed by atoms with van der Waals surface area (Å²) in [5.74, 6) is -0.634. The van der Waals surface area contributed by atoms with Crippen LogP contribution in [0.1, 0.15) is 17.2 Å². The molecule has 0 amide bonds. The second-order valence-electron chi connectivity index (χ2n) is 4.47. The second-order valence-corrected chi connectivity index (χ2v) is 4.47. The maximum Gasteiger partial charge on any atom is 0.129 e. The van der Waals surface area contributed by atoms with E-state index < -0.39 is 6.10 Å².